The number of nitrogens with zero attached hydrogens (tertiary/aromatic N) is 1. The second-order valence-electron chi connectivity index (χ2n) is 4.90. The smallest absolute Gasteiger partial charge is 0.336 e. The van der Waals surface area contributed by atoms with Crippen LogP contribution in [0.5, 0.6) is 5.75 Å². The van der Waals surface area contributed by atoms with Crippen molar-refractivity contribution >= 4 is 39.3 Å². The van der Waals surface area contributed by atoms with Gasteiger partial charge in [-0.25, -0.2) is 4.79 Å². The van der Waals surface area contributed by atoms with Gasteiger partial charge in [0, 0.05) is 35.9 Å². The number of benzene rings is 1. The van der Waals surface area contributed by atoms with Crippen molar-refractivity contribution in [2.24, 2.45) is 0 Å². The van der Waals surface area contributed by atoms with Crippen LogP contribution in [-0.2, 0) is 5.75 Å². The third-order valence-corrected chi connectivity index (χ3v) is 5.16. The van der Waals surface area contributed by atoms with E-state index in [2.05, 4.69) is 18.7 Å². The number of fused-ring (bicyclic) bond motifs is 1. The minimum Gasteiger partial charge on any atom is -0.508 e. The molecular weight excluding hydrogens is 318 g/mol. The van der Waals surface area contributed by atoms with Crippen LogP contribution in [0.4, 0.5) is 0 Å². The topological polar surface area (TPSA) is 53.7 Å². The molecule has 0 saturated carbocycles. The predicted octanol–water partition coefficient (Wildman–Crippen LogP) is 3.67. The summed E-state index contributed by atoms with van der Waals surface area (Å²) in [6, 6.07) is 4.89. The molecule has 1 aromatic heterocycles. The maximum atomic E-state index is 11.8. The van der Waals surface area contributed by atoms with E-state index in [1.807, 2.05) is 0 Å². The van der Waals surface area contributed by atoms with Crippen molar-refractivity contribution in [1.29, 1.82) is 0 Å². The zero-order chi connectivity index (χ0) is 16.3. The van der Waals surface area contributed by atoms with Crippen molar-refractivity contribution in [2.45, 2.75) is 26.5 Å². The molecule has 0 amide bonds. The molecule has 0 unspecified atom stereocenters. The largest absolute Gasteiger partial charge is 0.508 e. The van der Waals surface area contributed by atoms with Crippen molar-refractivity contribution in [1.82, 2.24) is 4.90 Å². The maximum absolute atomic E-state index is 11.8. The van der Waals surface area contributed by atoms with Gasteiger partial charge in [-0.05, 0) is 38.5 Å². The number of thiocarbonyl (C=S) groups is 1. The molecule has 0 aliphatic carbocycles. The normalized spacial score (nSPS) is 10.9. The van der Waals surface area contributed by atoms with Gasteiger partial charge in [0.25, 0.3) is 0 Å². The van der Waals surface area contributed by atoms with Gasteiger partial charge >= 0.3 is 5.63 Å². The third-order valence-electron chi connectivity index (χ3n) is 3.59. The lowest BCUT2D eigenvalue weighted by Crippen LogP contribution is -2.26. The quantitative estimate of drug-likeness (QED) is 0.679. The van der Waals surface area contributed by atoms with Crippen LogP contribution in [0, 0.1) is 6.92 Å². The zero-order valence-corrected chi connectivity index (χ0v) is 14.5. The van der Waals surface area contributed by atoms with Crippen LogP contribution < -0.4 is 5.63 Å². The fourth-order valence-corrected chi connectivity index (χ4v) is 3.64. The number of thioether (sulfide) groups is 1. The monoisotopic (exact) mass is 337 g/mol. The molecule has 0 atom stereocenters. The molecule has 0 bridgehead atoms. The summed E-state index contributed by atoms with van der Waals surface area (Å²) in [4.78, 5) is 13.9. The van der Waals surface area contributed by atoms with Gasteiger partial charge < -0.3 is 14.4 Å². The lowest BCUT2D eigenvalue weighted by molar-refractivity contribution is 0.468. The van der Waals surface area contributed by atoms with Gasteiger partial charge in [-0.15, -0.1) is 0 Å². The molecule has 118 valence electrons. The molecule has 1 aromatic carbocycles. The van der Waals surface area contributed by atoms with E-state index in [9.17, 15) is 9.90 Å². The van der Waals surface area contributed by atoms with Crippen LogP contribution >= 0.6 is 24.0 Å². The number of phenols is 1. The average molecular weight is 337 g/mol. The maximum Gasteiger partial charge on any atom is 0.336 e. The van der Waals surface area contributed by atoms with E-state index in [-0.39, 0.29) is 5.75 Å². The van der Waals surface area contributed by atoms with Gasteiger partial charge in [-0.3, -0.25) is 0 Å². The SMILES string of the molecule is CCN(CC)C(=S)SCc1cc(=O)oc2c(C)c(O)ccc12. The first-order chi connectivity index (χ1) is 10.5. The molecular formula is C16H19NO3S2. The molecule has 1 heterocycles. The molecule has 2 aromatic rings. The second-order valence-corrected chi connectivity index (χ2v) is 6.51. The highest BCUT2D eigenvalue weighted by Crippen LogP contribution is 2.29. The molecule has 0 saturated heterocycles. The molecule has 6 heteroatoms. The molecule has 2 rings (SSSR count). The Morgan fingerprint density at radius 1 is 1.36 bits per heavy atom. The van der Waals surface area contributed by atoms with Crippen LogP contribution in [0.15, 0.2) is 27.4 Å². The van der Waals surface area contributed by atoms with Gasteiger partial charge in [-0.1, -0.05) is 24.0 Å². The summed E-state index contributed by atoms with van der Waals surface area (Å²) in [7, 11) is 0. The summed E-state index contributed by atoms with van der Waals surface area (Å²) in [5.74, 6) is 0.723. The number of phenolic OH excluding ortho intramolecular Hbond substituents is 1. The van der Waals surface area contributed by atoms with E-state index in [1.54, 1.807) is 19.1 Å². The molecule has 0 radical (unpaired) electrons. The van der Waals surface area contributed by atoms with E-state index >= 15 is 0 Å². The molecule has 0 fully saturated rings. The Labute approximate surface area is 139 Å². The highest BCUT2D eigenvalue weighted by molar-refractivity contribution is 8.22. The standard InChI is InChI=1S/C16H19NO3S2/c1-4-17(5-2)16(21)22-9-11-8-14(19)20-15-10(3)13(18)7-6-12(11)15/h6-8,18H,4-5,9H2,1-3H3. The Balaban J connectivity index is 2.34. The van der Waals surface area contributed by atoms with E-state index in [0.717, 1.165) is 28.4 Å². The van der Waals surface area contributed by atoms with Crippen molar-refractivity contribution in [3.8, 4) is 5.75 Å². The van der Waals surface area contributed by atoms with Crippen molar-refractivity contribution in [3.63, 3.8) is 0 Å². The van der Waals surface area contributed by atoms with Gasteiger partial charge in [0.15, 0.2) is 0 Å². The third kappa shape index (κ3) is 3.44. The Morgan fingerprint density at radius 2 is 2.05 bits per heavy atom. The number of hydrogen-bond donors (Lipinski definition) is 1. The minimum absolute atomic E-state index is 0.124. The lowest BCUT2D eigenvalue weighted by atomic mass is 10.1. The Hall–Kier alpha value is -1.53. The van der Waals surface area contributed by atoms with Crippen LogP contribution in [0.3, 0.4) is 0 Å². The van der Waals surface area contributed by atoms with Crippen LogP contribution in [0.2, 0.25) is 0 Å². The van der Waals surface area contributed by atoms with Gasteiger partial charge in [0.05, 0.1) is 0 Å². The average Bonchev–Trinajstić information content (AvgIpc) is 2.50. The van der Waals surface area contributed by atoms with E-state index < -0.39 is 5.63 Å². The number of hydrogen-bond acceptors (Lipinski definition) is 5. The molecule has 0 spiro atoms. The summed E-state index contributed by atoms with van der Waals surface area (Å²) in [6.45, 7) is 7.60. The predicted molar refractivity (Wildman–Crippen MR) is 95.7 cm³/mol. The molecule has 0 aliphatic rings. The fraction of sp³-hybridized carbons (Fsp3) is 0.375. The molecule has 4 nitrogen and oxygen atoms in total. The first-order valence-electron chi connectivity index (χ1n) is 7.14. The Morgan fingerprint density at radius 3 is 2.68 bits per heavy atom. The zero-order valence-electron chi connectivity index (χ0n) is 12.9. The molecule has 0 aliphatic heterocycles. The Bertz CT molecular complexity index is 751. The van der Waals surface area contributed by atoms with Gasteiger partial charge in [0.1, 0.15) is 15.7 Å². The van der Waals surface area contributed by atoms with E-state index in [1.165, 1.54) is 17.8 Å². The van der Waals surface area contributed by atoms with Crippen molar-refractivity contribution < 1.29 is 9.52 Å². The summed E-state index contributed by atoms with van der Waals surface area (Å²) in [5, 5.41) is 10.6. The minimum atomic E-state index is -0.412. The van der Waals surface area contributed by atoms with Crippen molar-refractivity contribution in [3.05, 3.63) is 39.7 Å². The summed E-state index contributed by atoms with van der Waals surface area (Å²) in [6.07, 6.45) is 0. The first kappa shape index (κ1) is 16.8. The highest BCUT2D eigenvalue weighted by Gasteiger charge is 2.12. The van der Waals surface area contributed by atoms with Crippen LogP contribution in [0.1, 0.15) is 25.0 Å². The fourth-order valence-electron chi connectivity index (χ4n) is 2.25. The lowest BCUT2D eigenvalue weighted by Gasteiger charge is -2.21. The number of aromatic hydroxyl groups is 1. The highest BCUT2D eigenvalue weighted by atomic mass is 32.2. The Kier molecular flexibility index (Phi) is 5.47. The molecule has 1 N–H and O–H groups in total. The van der Waals surface area contributed by atoms with E-state index in [4.69, 9.17) is 16.6 Å². The first-order valence-corrected chi connectivity index (χ1v) is 8.54. The summed E-state index contributed by atoms with van der Waals surface area (Å²) in [5.41, 5.74) is 1.48. The van der Waals surface area contributed by atoms with Crippen molar-refractivity contribution in [2.75, 3.05) is 13.1 Å². The molecule has 22 heavy (non-hydrogen) atoms. The number of aryl methyl sites for hydroxylation is 1. The number of rotatable bonds is 4. The summed E-state index contributed by atoms with van der Waals surface area (Å²) < 4.78 is 6.06. The van der Waals surface area contributed by atoms with Gasteiger partial charge in [-0.2, -0.15) is 0 Å². The summed E-state index contributed by atoms with van der Waals surface area (Å²) >= 11 is 6.96. The van der Waals surface area contributed by atoms with Crippen LogP contribution in [0.25, 0.3) is 11.0 Å². The second kappa shape index (κ2) is 7.15. The van der Waals surface area contributed by atoms with E-state index in [0.29, 0.717) is 16.9 Å². The van der Waals surface area contributed by atoms with Crippen LogP contribution in [-0.4, -0.2) is 27.4 Å². The van der Waals surface area contributed by atoms with Gasteiger partial charge in [0.2, 0.25) is 0 Å².